The summed E-state index contributed by atoms with van der Waals surface area (Å²) in [4.78, 5) is 0. The summed E-state index contributed by atoms with van der Waals surface area (Å²) in [6, 6.07) is 12.5. The summed E-state index contributed by atoms with van der Waals surface area (Å²) < 4.78 is 19.8. The van der Waals surface area contributed by atoms with Crippen molar-refractivity contribution in [1.82, 2.24) is 0 Å². The predicted molar refractivity (Wildman–Crippen MR) is 116 cm³/mol. The zero-order valence-corrected chi connectivity index (χ0v) is 17.9. The van der Waals surface area contributed by atoms with Gasteiger partial charge in [0.2, 0.25) is 0 Å². The first-order valence-electron chi connectivity index (χ1n) is 10.8. The Morgan fingerprint density at radius 1 is 0.964 bits per heavy atom. The fraction of sp³-hybridized carbons (Fsp3) is 0.520. The van der Waals surface area contributed by atoms with Gasteiger partial charge in [0.05, 0.1) is 6.61 Å². The van der Waals surface area contributed by atoms with Crippen LogP contribution in [0.2, 0.25) is 5.02 Å². The van der Waals surface area contributed by atoms with Gasteiger partial charge in [-0.3, -0.25) is 0 Å². The largest absolute Gasteiger partial charge is 0.492 e. The van der Waals surface area contributed by atoms with Gasteiger partial charge in [-0.15, -0.1) is 0 Å². The van der Waals surface area contributed by atoms with Crippen molar-refractivity contribution in [2.45, 2.75) is 71.1 Å². The first-order valence-corrected chi connectivity index (χ1v) is 11.2. The SMILES string of the molecule is CCCC1CCC(c2ccc(CCc3ccc(OCC)c(Cl)c3F)cc2)CC1. The van der Waals surface area contributed by atoms with Gasteiger partial charge in [0, 0.05) is 0 Å². The Morgan fingerprint density at radius 2 is 1.68 bits per heavy atom. The zero-order chi connectivity index (χ0) is 19.9. The molecule has 1 aliphatic rings. The van der Waals surface area contributed by atoms with Crippen LogP contribution in [0.1, 0.15) is 75.0 Å². The minimum absolute atomic E-state index is 0.0911. The average Bonchev–Trinajstić information content (AvgIpc) is 2.72. The maximum Gasteiger partial charge on any atom is 0.148 e. The van der Waals surface area contributed by atoms with Gasteiger partial charge in [0.1, 0.15) is 16.6 Å². The molecular formula is C25H32ClFO. The molecule has 1 aliphatic carbocycles. The number of benzene rings is 2. The van der Waals surface area contributed by atoms with Crippen molar-refractivity contribution in [2.75, 3.05) is 6.61 Å². The van der Waals surface area contributed by atoms with Crippen molar-refractivity contribution in [2.24, 2.45) is 5.92 Å². The van der Waals surface area contributed by atoms with E-state index in [-0.39, 0.29) is 10.8 Å². The van der Waals surface area contributed by atoms with Gasteiger partial charge < -0.3 is 4.74 Å². The molecule has 0 amide bonds. The monoisotopic (exact) mass is 402 g/mol. The fourth-order valence-electron chi connectivity index (χ4n) is 4.46. The minimum Gasteiger partial charge on any atom is -0.492 e. The van der Waals surface area contributed by atoms with Crippen molar-refractivity contribution < 1.29 is 9.13 Å². The summed E-state index contributed by atoms with van der Waals surface area (Å²) in [5.74, 6) is 1.72. The molecule has 3 rings (SSSR count). The molecule has 0 spiro atoms. The molecule has 2 aromatic rings. The lowest BCUT2D eigenvalue weighted by molar-refractivity contribution is 0.308. The van der Waals surface area contributed by atoms with Crippen LogP contribution in [0.3, 0.4) is 0 Å². The van der Waals surface area contributed by atoms with Crippen LogP contribution < -0.4 is 4.74 Å². The Bertz CT molecular complexity index is 748. The van der Waals surface area contributed by atoms with E-state index in [0.29, 0.717) is 30.3 Å². The number of aryl methyl sites for hydroxylation is 2. The molecule has 0 atom stereocenters. The third-order valence-corrected chi connectivity index (χ3v) is 6.46. The average molecular weight is 403 g/mol. The van der Waals surface area contributed by atoms with Gasteiger partial charge in [-0.2, -0.15) is 0 Å². The first-order chi connectivity index (χ1) is 13.6. The second kappa shape index (κ2) is 10.3. The number of ether oxygens (including phenoxy) is 1. The van der Waals surface area contributed by atoms with Crippen LogP contribution in [0.15, 0.2) is 36.4 Å². The molecule has 0 bridgehead atoms. The lowest BCUT2D eigenvalue weighted by Crippen LogP contribution is -2.13. The molecular weight excluding hydrogens is 371 g/mol. The standard InChI is InChI=1S/C25H32ClFO/c1-3-5-18-6-11-20(12-7-18)21-13-8-19(9-14-21)10-15-22-16-17-23(28-4-2)24(26)25(22)27/h8-9,13-14,16-18,20H,3-7,10-12,15H2,1-2H3. The summed E-state index contributed by atoms with van der Waals surface area (Å²) in [6.07, 6.45) is 9.53. The Balaban J connectivity index is 1.56. The maximum atomic E-state index is 14.5. The van der Waals surface area contributed by atoms with E-state index in [9.17, 15) is 4.39 Å². The van der Waals surface area contributed by atoms with Crippen LogP contribution in [0, 0.1) is 11.7 Å². The number of rotatable bonds is 8. The van der Waals surface area contributed by atoms with Crippen LogP contribution in [0.4, 0.5) is 4.39 Å². The molecule has 0 aliphatic heterocycles. The molecule has 152 valence electrons. The summed E-state index contributed by atoms with van der Waals surface area (Å²) >= 11 is 6.10. The highest BCUT2D eigenvalue weighted by molar-refractivity contribution is 6.32. The Labute approximate surface area is 174 Å². The van der Waals surface area contributed by atoms with E-state index in [1.807, 2.05) is 6.92 Å². The van der Waals surface area contributed by atoms with E-state index in [0.717, 1.165) is 12.3 Å². The summed E-state index contributed by atoms with van der Waals surface area (Å²) in [5.41, 5.74) is 3.36. The zero-order valence-electron chi connectivity index (χ0n) is 17.1. The van der Waals surface area contributed by atoms with E-state index in [4.69, 9.17) is 16.3 Å². The smallest absolute Gasteiger partial charge is 0.148 e. The highest BCUT2D eigenvalue weighted by atomic mass is 35.5. The Morgan fingerprint density at radius 3 is 2.32 bits per heavy atom. The molecule has 0 heterocycles. The van der Waals surface area contributed by atoms with Crippen LogP contribution in [-0.2, 0) is 12.8 Å². The number of hydrogen-bond acceptors (Lipinski definition) is 1. The summed E-state index contributed by atoms with van der Waals surface area (Å²) in [6.45, 7) is 4.63. The topological polar surface area (TPSA) is 9.23 Å². The quantitative estimate of drug-likeness (QED) is 0.438. The van der Waals surface area contributed by atoms with E-state index in [2.05, 4.69) is 31.2 Å². The predicted octanol–water partition coefficient (Wildman–Crippen LogP) is 7.74. The van der Waals surface area contributed by atoms with Gasteiger partial charge in [0.15, 0.2) is 0 Å². The molecule has 0 N–H and O–H groups in total. The van der Waals surface area contributed by atoms with E-state index >= 15 is 0 Å². The first kappa shape index (κ1) is 21.2. The van der Waals surface area contributed by atoms with Crippen LogP contribution in [0.25, 0.3) is 0 Å². The van der Waals surface area contributed by atoms with E-state index < -0.39 is 0 Å². The van der Waals surface area contributed by atoms with Gasteiger partial charge in [0.25, 0.3) is 0 Å². The third-order valence-electron chi connectivity index (χ3n) is 6.10. The van der Waals surface area contributed by atoms with Crippen molar-refractivity contribution >= 4 is 11.6 Å². The highest BCUT2D eigenvalue weighted by Gasteiger charge is 2.21. The molecule has 0 unspecified atom stereocenters. The van der Waals surface area contributed by atoms with Gasteiger partial charge >= 0.3 is 0 Å². The minimum atomic E-state index is -0.354. The second-order valence-corrected chi connectivity index (χ2v) is 8.41. The van der Waals surface area contributed by atoms with Crippen molar-refractivity contribution in [3.05, 3.63) is 63.9 Å². The lowest BCUT2D eigenvalue weighted by atomic mass is 9.77. The van der Waals surface area contributed by atoms with E-state index in [1.165, 1.54) is 49.7 Å². The second-order valence-electron chi connectivity index (χ2n) is 8.03. The van der Waals surface area contributed by atoms with Crippen molar-refractivity contribution in [3.63, 3.8) is 0 Å². The summed E-state index contributed by atoms with van der Waals surface area (Å²) in [5, 5.41) is 0.0911. The van der Waals surface area contributed by atoms with Gasteiger partial charge in [-0.25, -0.2) is 4.39 Å². The molecule has 3 heteroatoms. The molecule has 0 radical (unpaired) electrons. The molecule has 0 aromatic heterocycles. The van der Waals surface area contributed by atoms with Gasteiger partial charge in [-0.1, -0.05) is 61.7 Å². The highest BCUT2D eigenvalue weighted by Crippen LogP contribution is 2.37. The fourth-order valence-corrected chi connectivity index (χ4v) is 4.70. The molecule has 1 saturated carbocycles. The normalized spacial score (nSPS) is 19.6. The van der Waals surface area contributed by atoms with Crippen molar-refractivity contribution in [3.8, 4) is 5.75 Å². The molecule has 1 nitrogen and oxygen atoms in total. The Hall–Kier alpha value is -1.54. The van der Waals surface area contributed by atoms with Crippen LogP contribution >= 0.6 is 11.6 Å². The van der Waals surface area contributed by atoms with Crippen LogP contribution in [0.5, 0.6) is 5.75 Å². The summed E-state index contributed by atoms with van der Waals surface area (Å²) in [7, 11) is 0. The molecule has 1 fully saturated rings. The third kappa shape index (κ3) is 5.29. The van der Waals surface area contributed by atoms with Crippen molar-refractivity contribution in [1.29, 1.82) is 0 Å². The lowest BCUT2D eigenvalue weighted by Gasteiger charge is -2.28. The van der Waals surface area contributed by atoms with E-state index in [1.54, 1.807) is 12.1 Å². The Kier molecular flexibility index (Phi) is 7.79. The molecule has 2 aromatic carbocycles. The maximum absolute atomic E-state index is 14.5. The molecule has 0 saturated heterocycles. The number of hydrogen-bond donors (Lipinski definition) is 0. The van der Waals surface area contributed by atoms with Crippen LogP contribution in [-0.4, -0.2) is 6.61 Å². The van der Waals surface area contributed by atoms with Gasteiger partial charge in [-0.05, 0) is 80.0 Å². The number of halogens is 2. The molecule has 28 heavy (non-hydrogen) atoms.